The van der Waals surface area contributed by atoms with Crippen molar-refractivity contribution in [1.82, 2.24) is 9.88 Å². The summed E-state index contributed by atoms with van der Waals surface area (Å²) < 4.78 is 5.80. The van der Waals surface area contributed by atoms with Crippen LogP contribution in [0.1, 0.15) is 24.3 Å². The molecule has 22 heavy (non-hydrogen) atoms. The maximum atomic E-state index is 9.20. The summed E-state index contributed by atoms with van der Waals surface area (Å²) in [6, 6.07) is 7.53. The van der Waals surface area contributed by atoms with E-state index in [1.54, 1.807) is 0 Å². The number of hydrogen-bond acceptors (Lipinski definition) is 4. The maximum absolute atomic E-state index is 9.20. The Labute approximate surface area is 135 Å². The summed E-state index contributed by atoms with van der Waals surface area (Å²) in [6.07, 6.45) is 2.11. The molecule has 0 bridgehead atoms. The summed E-state index contributed by atoms with van der Waals surface area (Å²) in [5.74, 6) is 1.97. The number of aryl methyl sites for hydroxylation is 1. The molecule has 2 heterocycles. The van der Waals surface area contributed by atoms with E-state index in [1.165, 1.54) is 0 Å². The number of rotatable bonds is 4. The third-order valence-electron chi connectivity index (χ3n) is 4.32. The third kappa shape index (κ3) is 3.51. The Morgan fingerprint density at radius 3 is 2.59 bits per heavy atom. The minimum Gasteiger partial charge on any atom is -0.441 e. The van der Waals surface area contributed by atoms with Crippen molar-refractivity contribution in [2.45, 2.75) is 26.3 Å². The molecule has 0 unspecified atom stereocenters. The van der Waals surface area contributed by atoms with Gasteiger partial charge in [0.1, 0.15) is 5.76 Å². The van der Waals surface area contributed by atoms with Crippen molar-refractivity contribution in [3.63, 3.8) is 0 Å². The third-order valence-corrected chi connectivity index (χ3v) is 4.57. The summed E-state index contributed by atoms with van der Waals surface area (Å²) >= 11 is 5.91. The van der Waals surface area contributed by atoms with Crippen LogP contribution in [-0.4, -0.2) is 34.7 Å². The van der Waals surface area contributed by atoms with Crippen molar-refractivity contribution in [2.24, 2.45) is 5.92 Å². The lowest BCUT2D eigenvalue weighted by Crippen LogP contribution is -2.34. The summed E-state index contributed by atoms with van der Waals surface area (Å²) in [4.78, 5) is 7.02. The zero-order chi connectivity index (χ0) is 15.5. The number of benzene rings is 1. The molecule has 0 spiro atoms. The zero-order valence-electron chi connectivity index (χ0n) is 12.8. The number of piperidine rings is 1. The van der Waals surface area contributed by atoms with Crippen molar-refractivity contribution >= 4 is 11.6 Å². The number of halogens is 1. The Morgan fingerprint density at radius 2 is 1.95 bits per heavy atom. The Kier molecular flexibility index (Phi) is 4.81. The van der Waals surface area contributed by atoms with Crippen LogP contribution in [0.15, 0.2) is 28.7 Å². The van der Waals surface area contributed by atoms with Crippen molar-refractivity contribution in [3.8, 4) is 11.5 Å². The van der Waals surface area contributed by atoms with Gasteiger partial charge in [-0.05, 0) is 63.0 Å². The van der Waals surface area contributed by atoms with Gasteiger partial charge in [-0.1, -0.05) is 11.6 Å². The topological polar surface area (TPSA) is 49.5 Å². The number of nitrogens with zero attached hydrogens (tertiary/aromatic N) is 2. The highest BCUT2D eigenvalue weighted by Crippen LogP contribution is 2.25. The second-order valence-corrected chi connectivity index (χ2v) is 6.37. The number of likely N-dealkylation sites (tertiary alicyclic amines) is 1. The monoisotopic (exact) mass is 320 g/mol. The van der Waals surface area contributed by atoms with Crippen LogP contribution in [0.2, 0.25) is 5.02 Å². The second kappa shape index (κ2) is 6.82. The molecule has 0 aliphatic carbocycles. The van der Waals surface area contributed by atoms with Gasteiger partial charge in [-0.25, -0.2) is 4.98 Å². The first kappa shape index (κ1) is 15.5. The van der Waals surface area contributed by atoms with E-state index in [9.17, 15) is 5.11 Å². The molecule has 0 atom stereocenters. The van der Waals surface area contributed by atoms with Crippen LogP contribution in [0.25, 0.3) is 11.5 Å². The van der Waals surface area contributed by atoms with Gasteiger partial charge in [-0.15, -0.1) is 0 Å². The first-order valence-electron chi connectivity index (χ1n) is 7.71. The van der Waals surface area contributed by atoms with Gasteiger partial charge >= 0.3 is 0 Å². The smallest absolute Gasteiger partial charge is 0.226 e. The van der Waals surface area contributed by atoms with Crippen molar-refractivity contribution in [2.75, 3.05) is 19.7 Å². The molecular formula is C17H21ClN2O2. The van der Waals surface area contributed by atoms with Crippen LogP contribution in [0, 0.1) is 12.8 Å². The zero-order valence-corrected chi connectivity index (χ0v) is 13.5. The largest absolute Gasteiger partial charge is 0.441 e. The molecule has 0 amide bonds. The standard InChI is InChI=1S/C17H21ClN2O2/c1-12-16(10-20-8-6-13(11-21)7-9-20)19-17(22-12)14-2-4-15(18)5-3-14/h2-5,13,21H,6-11H2,1H3. The highest BCUT2D eigenvalue weighted by molar-refractivity contribution is 6.30. The normalized spacial score (nSPS) is 17.0. The molecule has 1 saturated heterocycles. The lowest BCUT2D eigenvalue weighted by molar-refractivity contribution is 0.126. The van der Waals surface area contributed by atoms with Crippen LogP contribution < -0.4 is 0 Å². The van der Waals surface area contributed by atoms with Crippen LogP contribution in [-0.2, 0) is 6.54 Å². The van der Waals surface area contributed by atoms with Gasteiger partial charge in [-0.3, -0.25) is 4.90 Å². The van der Waals surface area contributed by atoms with Crippen LogP contribution >= 0.6 is 11.6 Å². The molecule has 1 aliphatic heterocycles. The molecule has 5 heteroatoms. The van der Waals surface area contributed by atoms with Gasteiger partial charge in [0.05, 0.1) is 5.69 Å². The maximum Gasteiger partial charge on any atom is 0.226 e. The molecule has 1 aromatic heterocycles. The van der Waals surface area contributed by atoms with E-state index in [-0.39, 0.29) is 0 Å². The lowest BCUT2D eigenvalue weighted by atomic mass is 9.98. The van der Waals surface area contributed by atoms with E-state index < -0.39 is 0 Å². The fourth-order valence-corrected chi connectivity index (χ4v) is 2.96. The number of hydrogen-bond donors (Lipinski definition) is 1. The Bertz CT molecular complexity index is 616. The van der Waals surface area contributed by atoms with Crippen molar-refractivity contribution in [1.29, 1.82) is 0 Å². The van der Waals surface area contributed by atoms with E-state index in [2.05, 4.69) is 9.88 Å². The van der Waals surface area contributed by atoms with Gasteiger partial charge < -0.3 is 9.52 Å². The Balaban J connectivity index is 1.69. The average molecular weight is 321 g/mol. The van der Waals surface area contributed by atoms with E-state index in [1.807, 2.05) is 31.2 Å². The fourth-order valence-electron chi connectivity index (χ4n) is 2.83. The molecule has 4 nitrogen and oxygen atoms in total. The van der Waals surface area contributed by atoms with Gasteiger partial charge in [-0.2, -0.15) is 0 Å². The van der Waals surface area contributed by atoms with Crippen molar-refractivity contribution in [3.05, 3.63) is 40.7 Å². The van der Waals surface area contributed by atoms with E-state index in [0.29, 0.717) is 23.4 Å². The molecular weight excluding hydrogens is 300 g/mol. The number of oxazole rings is 1. The Hall–Kier alpha value is -1.36. The van der Waals surface area contributed by atoms with Crippen LogP contribution in [0.5, 0.6) is 0 Å². The molecule has 118 valence electrons. The molecule has 1 N–H and O–H groups in total. The van der Waals surface area contributed by atoms with E-state index >= 15 is 0 Å². The van der Waals surface area contributed by atoms with Gasteiger partial charge in [0.25, 0.3) is 0 Å². The highest BCUT2D eigenvalue weighted by atomic mass is 35.5. The van der Waals surface area contributed by atoms with Gasteiger partial charge in [0, 0.05) is 23.7 Å². The van der Waals surface area contributed by atoms with Gasteiger partial charge in [0.15, 0.2) is 0 Å². The molecule has 1 fully saturated rings. The quantitative estimate of drug-likeness (QED) is 0.936. The van der Waals surface area contributed by atoms with Crippen LogP contribution in [0.3, 0.4) is 0 Å². The predicted octanol–water partition coefficient (Wildman–Crippen LogP) is 3.51. The minimum atomic E-state index is 0.303. The fraction of sp³-hybridized carbons (Fsp3) is 0.471. The lowest BCUT2D eigenvalue weighted by Gasteiger charge is -2.30. The second-order valence-electron chi connectivity index (χ2n) is 5.93. The van der Waals surface area contributed by atoms with E-state index in [4.69, 9.17) is 16.0 Å². The van der Waals surface area contributed by atoms with Crippen LogP contribution in [0.4, 0.5) is 0 Å². The molecule has 0 saturated carbocycles. The van der Waals surface area contributed by atoms with Crippen molar-refractivity contribution < 1.29 is 9.52 Å². The van der Waals surface area contributed by atoms with Gasteiger partial charge in [0.2, 0.25) is 5.89 Å². The highest BCUT2D eigenvalue weighted by Gasteiger charge is 2.21. The average Bonchev–Trinajstić information content (AvgIpc) is 2.90. The number of aliphatic hydroxyl groups excluding tert-OH is 1. The summed E-state index contributed by atoms with van der Waals surface area (Å²) in [5.41, 5.74) is 1.94. The van der Waals surface area contributed by atoms with E-state index in [0.717, 1.165) is 49.5 Å². The number of aliphatic hydroxyl groups is 1. The molecule has 2 aromatic rings. The summed E-state index contributed by atoms with van der Waals surface area (Å²) in [6.45, 7) is 5.09. The predicted molar refractivity (Wildman–Crippen MR) is 86.8 cm³/mol. The molecule has 1 aromatic carbocycles. The summed E-state index contributed by atoms with van der Waals surface area (Å²) in [5, 5.41) is 9.91. The molecule has 0 radical (unpaired) electrons. The number of aromatic nitrogens is 1. The summed E-state index contributed by atoms with van der Waals surface area (Å²) in [7, 11) is 0. The first-order valence-corrected chi connectivity index (χ1v) is 8.09. The molecule has 3 rings (SSSR count). The first-order chi connectivity index (χ1) is 10.7. The Morgan fingerprint density at radius 1 is 1.27 bits per heavy atom. The SMILES string of the molecule is Cc1oc(-c2ccc(Cl)cc2)nc1CN1CCC(CO)CC1. The molecule has 1 aliphatic rings. The minimum absolute atomic E-state index is 0.303.